The molecule has 8 nitrogen and oxygen atoms in total. The van der Waals surface area contributed by atoms with Gasteiger partial charge in [0.05, 0.1) is 19.3 Å². The fraction of sp³-hybridized carbons (Fsp3) is 0.318. The molecule has 0 unspecified atom stereocenters. The summed E-state index contributed by atoms with van der Waals surface area (Å²) in [5.74, 6) is 2.40. The molecule has 0 atom stereocenters. The maximum atomic E-state index is 11.9. The Morgan fingerprint density at radius 2 is 1.93 bits per heavy atom. The van der Waals surface area contributed by atoms with Gasteiger partial charge in [-0.05, 0) is 50.1 Å². The van der Waals surface area contributed by atoms with Gasteiger partial charge in [-0.2, -0.15) is 0 Å². The average molecular weight is 405 g/mol. The smallest absolute Gasteiger partial charge is 0.415 e. The Bertz CT molecular complexity index is 1140. The number of nitrogens with zero attached hydrogens (tertiary/aromatic N) is 5. The number of anilines is 3. The minimum absolute atomic E-state index is 0.349. The summed E-state index contributed by atoms with van der Waals surface area (Å²) >= 11 is 0. The monoisotopic (exact) mass is 405 g/mol. The number of carbonyl (C=O) groups is 1. The van der Waals surface area contributed by atoms with Gasteiger partial charge in [0.25, 0.3) is 0 Å². The van der Waals surface area contributed by atoms with Gasteiger partial charge in [0.1, 0.15) is 18.2 Å². The number of aromatic nitrogens is 3. The van der Waals surface area contributed by atoms with Crippen molar-refractivity contribution in [3.05, 3.63) is 53.3 Å². The molecule has 0 N–H and O–H groups in total. The Balaban J connectivity index is 1.54. The number of hydrogen-bond acceptors (Lipinski definition) is 6. The molecule has 0 bridgehead atoms. The predicted octanol–water partition coefficient (Wildman–Crippen LogP) is 3.54. The molecule has 1 saturated heterocycles. The van der Waals surface area contributed by atoms with Gasteiger partial charge in [0, 0.05) is 35.8 Å². The molecule has 5 rings (SSSR count). The molecule has 1 aromatic carbocycles. The van der Waals surface area contributed by atoms with E-state index in [-0.39, 0.29) is 6.09 Å². The topological polar surface area (TPSA) is 72.7 Å². The second-order valence-corrected chi connectivity index (χ2v) is 7.52. The third-order valence-electron chi connectivity index (χ3n) is 5.60. The van der Waals surface area contributed by atoms with Crippen molar-refractivity contribution >= 4 is 23.4 Å². The van der Waals surface area contributed by atoms with Crippen LogP contribution in [-0.2, 0) is 11.2 Å². The van der Waals surface area contributed by atoms with Crippen LogP contribution < -0.4 is 14.5 Å². The summed E-state index contributed by atoms with van der Waals surface area (Å²) in [6, 6.07) is 9.99. The highest BCUT2D eigenvalue weighted by atomic mass is 16.6. The summed E-state index contributed by atoms with van der Waals surface area (Å²) in [5, 5.41) is 4.65. The number of carbonyl (C=O) groups excluding carboxylic acids is 1. The number of ether oxygens (including phenoxy) is 2. The van der Waals surface area contributed by atoms with E-state index >= 15 is 0 Å². The number of amides is 1. The molecule has 3 aromatic rings. The van der Waals surface area contributed by atoms with Crippen molar-refractivity contribution in [2.45, 2.75) is 20.3 Å². The van der Waals surface area contributed by atoms with Gasteiger partial charge < -0.3 is 14.4 Å². The summed E-state index contributed by atoms with van der Waals surface area (Å²) < 4.78 is 12.2. The molecule has 4 heterocycles. The minimum atomic E-state index is -0.349. The summed E-state index contributed by atoms with van der Waals surface area (Å²) in [7, 11) is 1.68. The Kier molecular flexibility index (Phi) is 4.34. The Hall–Kier alpha value is -3.55. The van der Waals surface area contributed by atoms with Crippen LogP contribution >= 0.6 is 0 Å². The lowest BCUT2D eigenvalue weighted by molar-refractivity contribution is 0.181. The summed E-state index contributed by atoms with van der Waals surface area (Å²) in [6.07, 6.45) is 2.40. The quantitative estimate of drug-likeness (QED) is 0.661. The maximum Gasteiger partial charge on any atom is 0.415 e. The summed E-state index contributed by atoms with van der Waals surface area (Å²) in [5.41, 5.74) is 5.32. The predicted molar refractivity (Wildman–Crippen MR) is 113 cm³/mol. The van der Waals surface area contributed by atoms with E-state index in [9.17, 15) is 4.79 Å². The first-order chi connectivity index (χ1) is 14.5. The highest BCUT2D eigenvalue weighted by Crippen LogP contribution is 2.39. The fourth-order valence-corrected chi connectivity index (χ4v) is 4.15. The number of cyclic esters (lactones) is 1. The molecule has 0 spiro atoms. The maximum absolute atomic E-state index is 11.9. The summed E-state index contributed by atoms with van der Waals surface area (Å²) in [6.45, 7) is 5.84. The van der Waals surface area contributed by atoms with Crippen LogP contribution in [0.5, 0.6) is 5.75 Å². The second-order valence-electron chi connectivity index (χ2n) is 7.52. The first kappa shape index (κ1) is 18.5. The average Bonchev–Trinajstić information content (AvgIpc) is 3.46. The molecule has 8 heteroatoms. The van der Waals surface area contributed by atoms with Crippen LogP contribution in [0.1, 0.15) is 16.8 Å². The van der Waals surface area contributed by atoms with Crippen molar-refractivity contribution < 1.29 is 14.3 Å². The number of rotatable bonds is 4. The highest BCUT2D eigenvalue weighted by Gasteiger charge is 2.29. The van der Waals surface area contributed by atoms with E-state index in [0.29, 0.717) is 19.0 Å². The zero-order valence-electron chi connectivity index (χ0n) is 17.3. The summed E-state index contributed by atoms with van der Waals surface area (Å²) in [4.78, 5) is 20.5. The molecule has 0 radical (unpaired) electrons. The first-order valence-corrected chi connectivity index (χ1v) is 9.98. The van der Waals surface area contributed by atoms with Crippen molar-refractivity contribution in [2.24, 2.45) is 0 Å². The first-order valence-electron chi connectivity index (χ1n) is 9.98. The number of benzene rings is 1. The van der Waals surface area contributed by atoms with Crippen LogP contribution in [0, 0.1) is 13.8 Å². The third kappa shape index (κ3) is 2.96. The normalized spacial score (nSPS) is 15.5. The molecule has 30 heavy (non-hydrogen) atoms. The molecular formula is C22H23N5O3. The van der Waals surface area contributed by atoms with Gasteiger partial charge in [0.15, 0.2) is 5.82 Å². The lowest BCUT2D eigenvalue weighted by atomic mass is 10.1. The minimum Gasteiger partial charge on any atom is -0.497 e. The molecule has 1 amide bonds. The largest absolute Gasteiger partial charge is 0.497 e. The van der Waals surface area contributed by atoms with Crippen molar-refractivity contribution in [3.8, 4) is 11.4 Å². The van der Waals surface area contributed by atoms with Gasteiger partial charge >= 0.3 is 6.09 Å². The van der Waals surface area contributed by atoms with E-state index in [4.69, 9.17) is 14.5 Å². The highest BCUT2D eigenvalue weighted by molar-refractivity contribution is 5.88. The van der Waals surface area contributed by atoms with Crippen LogP contribution in [0.4, 0.5) is 22.1 Å². The number of hydrogen-bond donors (Lipinski definition) is 0. The number of fused-ring (bicyclic) bond motifs is 1. The molecule has 2 aliphatic rings. The van der Waals surface area contributed by atoms with Crippen molar-refractivity contribution in [1.82, 2.24) is 14.8 Å². The van der Waals surface area contributed by atoms with Gasteiger partial charge in [-0.3, -0.25) is 4.90 Å². The third-order valence-corrected chi connectivity index (χ3v) is 5.60. The molecule has 0 saturated carbocycles. The molecule has 2 aliphatic heterocycles. The standard InChI is InChI=1S/C22H23N5O3/c1-14-12-16(29-3)4-5-18(14)25-8-6-17-19(13-15(2)23-21(17)25)27-9-7-20(24-27)26-10-11-30-22(26)28/h4-5,7,9,12-13H,6,8,10-11H2,1-3H3. The van der Waals surface area contributed by atoms with Crippen LogP contribution in [0.2, 0.25) is 0 Å². The van der Waals surface area contributed by atoms with E-state index in [1.54, 1.807) is 12.0 Å². The van der Waals surface area contributed by atoms with E-state index in [1.807, 2.05) is 42.1 Å². The zero-order chi connectivity index (χ0) is 20.8. The SMILES string of the molecule is COc1ccc(N2CCc3c(-n4ccc(N5CCOC5=O)n4)cc(C)nc32)c(C)c1. The van der Waals surface area contributed by atoms with Gasteiger partial charge in [-0.1, -0.05) is 0 Å². The van der Waals surface area contributed by atoms with Gasteiger partial charge in [0.2, 0.25) is 0 Å². The molecule has 1 fully saturated rings. The van der Waals surface area contributed by atoms with Gasteiger partial charge in [-0.25, -0.2) is 14.5 Å². The Labute approximate surface area is 174 Å². The molecule has 2 aromatic heterocycles. The number of aryl methyl sites for hydroxylation is 2. The number of pyridine rings is 1. The lowest BCUT2D eigenvalue weighted by Crippen LogP contribution is -2.23. The van der Waals surface area contributed by atoms with Crippen LogP contribution in [0.25, 0.3) is 5.69 Å². The van der Waals surface area contributed by atoms with Crippen molar-refractivity contribution in [2.75, 3.05) is 36.6 Å². The van der Waals surface area contributed by atoms with E-state index in [1.165, 1.54) is 0 Å². The van der Waals surface area contributed by atoms with Crippen molar-refractivity contribution in [1.29, 1.82) is 0 Å². The molecule has 154 valence electrons. The second kappa shape index (κ2) is 7.05. The zero-order valence-corrected chi connectivity index (χ0v) is 17.3. The van der Waals surface area contributed by atoms with E-state index < -0.39 is 0 Å². The van der Waals surface area contributed by atoms with Crippen LogP contribution in [-0.4, -0.2) is 47.7 Å². The fourth-order valence-electron chi connectivity index (χ4n) is 4.15. The Morgan fingerprint density at radius 1 is 1.07 bits per heavy atom. The van der Waals surface area contributed by atoms with E-state index in [2.05, 4.69) is 23.0 Å². The lowest BCUT2D eigenvalue weighted by Gasteiger charge is -2.22. The van der Waals surface area contributed by atoms with Crippen LogP contribution in [0.15, 0.2) is 36.5 Å². The molecule has 0 aliphatic carbocycles. The van der Waals surface area contributed by atoms with E-state index in [0.717, 1.165) is 52.7 Å². The Morgan fingerprint density at radius 3 is 2.67 bits per heavy atom. The van der Waals surface area contributed by atoms with Crippen molar-refractivity contribution in [3.63, 3.8) is 0 Å². The molecular weight excluding hydrogens is 382 g/mol. The van der Waals surface area contributed by atoms with Crippen LogP contribution in [0.3, 0.4) is 0 Å². The number of methoxy groups -OCH3 is 1. The van der Waals surface area contributed by atoms with Gasteiger partial charge in [-0.15, -0.1) is 5.10 Å².